The number of benzene rings is 1. The number of aryl methyl sites for hydroxylation is 1. The van der Waals surface area contributed by atoms with Crippen LogP contribution < -0.4 is 0 Å². The van der Waals surface area contributed by atoms with Crippen molar-refractivity contribution in [3.63, 3.8) is 0 Å². The lowest BCUT2D eigenvalue weighted by molar-refractivity contribution is -0.154. The minimum atomic E-state index is -0.486. The Morgan fingerprint density at radius 3 is 2.61 bits per heavy atom. The Kier molecular flexibility index (Phi) is 4.48. The molecular formula is C14H18O4. The highest BCUT2D eigenvalue weighted by atomic mass is 16.6. The van der Waals surface area contributed by atoms with Crippen molar-refractivity contribution in [2.24, 2.45) is 0 Å². The van der Waals surface area contributed by atoms with Gasteiger partial charge in [-0.25, -0.2) is 0 Å². The van der Waals surface area contributed by atoms with E-state index in [1.807, 2.05) is 20.8 Å². The molecule has 0 bridgehead atoms. The summed E-state index contributed by atoms with van der Waals surface area (Å²) in [7, 11) is 0. The Morgan fingerprint density at radius 2 is 2.06 bits per heavy atom. The third-order valence-corrected chi connectivity index (χ3v) is 2.26. The Morgan fingerprint density at radius 1 is 1.39 bits per heavy atom. The van der Waals surface area contributed by atoms with Crippen molar-refractivity contribution in [2.45, 2.75) is 39.2 Å². The molecule has 0 spiro atoms. The Hall–Kier alpha value is -1.84. The first-order valence-electron chi connectivity index (χ1n) is 5.81. The first kappa shape index (κ1) is 14.2. The summed E-state index contributed by atoms with van der Waals surface area (Å²) in [5, 5.41) is 9.34. The van der Waals surface area contributed by atoms with Gasteiger partial charge in [0.15, 0.2) is 6.29 Å². The zero-order valence-electron chi connectivity index (χ0n) is 10.9. The number of carbonyl (C=O) groups excluding carboxylic acids is 2. The van der Waals surface area contributed by atoms with E-state index in [1.54, 1.807) is 12.1 Å². The van der Waals surface area contributed by atoms with Crippen LogP contribution in [-0.4, -0.2) is 23.0 Å². The van der Waals surface area contributed by atoms with Crippen LogP contribution in [0.1, 0.15) is 43.1 Å². The first-order chi connectivity index (χ1) is 8.31. The number of esters is 1. The first-order valence-corrected chi connectivity index (χ1v) is 5.81. The Labute approximate surface area is 107 Å². The van der Waals surface area contributed by atoms with Crippen LogP contribution in [-0.2, 0) is 16.0 Å². The fourth-order valence-corrected chi connectivity index (χ4v) is 1.49. The van der Waals surface area contributed by atoms with E-state index in [9.17, 15) is 14.7 Å². The number of phenols is 1. The quantitative estimate of drug-likeness (QED) is 0.658. The number of hydrogen-bond acceptors (Lipinski definition) is 4. The number of ether oxygens (including phenoxy) is 1. The molecule has 1 aromatic rings. The molecule has 1 rings (SSSR count). The van der Waals surface area contributed by atoms with Gasteiger partial charge in [0.05, 0.1) is 5.56 Å². The molecule has 1 N–H and O–H groups in total. The van der Waals surface area contributed by atoms with Crippen molar-refractivity contribution in [3.05, 3.63) is 29.3 Å². The Balaban J connectivity index is 2.59. The normalized spacial score (nSPS) is 11.1. The molecule has 0 aliphatic rings. The van der Waals surface area contributed by atoms with Crippen molar-refractivity contribution >= 4 is 12.3 Å². The van der Waals surface area contributed by atoms with Gasteiger partial charge >= 0.3 is 5.97 Å². The zero-order chi connectivity index (χ0) is 13.8. The number of hydrogen-bond donors (Lipinski definition) is 1. The molecule has 18 heavy (non-hydrogen) atoms. The van der Waals surface area contributed by atoms with E-state index in [-0.39, 0.29) is 23.7 Å². The zero-order valence-corrected chi connectivity index (χ0v) is 10.9. The molecule has 4 heteroatoms. The summed E-state index contributed by atoms with van der Waals surface area (Å²) in [6.45, 7) is 5.45. The lowest BCUT2D eigenvalue weighted by atomic mass is 10.1. The van der Waals surface area contributed by atoms with Crippen molar-refractivity contribution in [3.8, 4) is 5.75 Å². The summed E-state index contributed by atoms with van der Waals surface area (Å²) in [5.74, 6) is -0.325. The maximum atomic E-state index is 11.5. The van der Waals surface area contributed by atoms with Crippen LogP contribution in [0, 0.1) is 0 Å². The van der Waals surface area contributed by atoms with E-state index in [1.165, 1.54) is 6.07 Å². The van der Waals surface area contributed by atoms with E-state index < -0.39 is 5.60 Å². The monoisotopic (exact) mass is 250 g/mol. The van der Waals surface area contributed by atoms with Crippen LogP contribution >= 0.6 is 0 Å². The van der Waals surface area contributed by atoms with Crippen molar-refractivity contribution in [2.75, 3.05) is 0 Å². The predicted octanol–water partition coefficient (Wildman–Crippen LogP) is 2.48. The van der Waals surface area contributed by atoms with E-state index in [0.29, 0.717) is 12.7 Å². The number of carbonyl (C=O) groups is 2. The second kappa shape index (κ2) is 5.67. The lowest BCUT2D eigenvalue weighted by Crippen LogP contribution is -2.24. The van der Waals surface area contributed by atoms with Gasteiger partial charge in [0.1, 0.15) is 11.4 Å². The van der Waals surface area contributed by atoms with Crippen LogP contribution in [0.3, 0.4) is 0 Å². The van der Waals surface area contributed by atoms with Crippen molar-refractivity contribution in [1.82, 2.24) is 0 Å². The summed E-state index contributed by atoms with van der Waals surface area (Å²) in [6.07, 6.45) is 1.32. The molecule has 0 saturated heterocycles. The SMILES string of the molecule is CC(C)(C)OC(=O)CCc1ccc(O)c(C=O)c1. The molecule has 98 valence electrons. The summed E-state index contributed by atoms with van der Waals surface area (Å²) in [4.78, 5) is 22.2. The van der Waals surface area contributed by atoms with Gasteiger partial charge in [-0.1, -0.05) is 6.07 Å². The second-order valence-corrected chi connectivity index (χ2v) is 5.10. The molecule has 0 aliphatic heterocycles. The summed E-state index contributed by atoms with van der Waals surface area (Å²) >= 11 is 0. The molecule has 0 unspecified atom stereocenters. The fraction of sp³-hybridized carbons (Fsp3) is 0.429. The highest BCUT2D eigenvalue weighted by molar-refractivity contribution is 5.79. The number of aldehydes is 1. The highest BCUT2D eigenvalue weighted by Crippen LogP contribution is 2.18. The van der Waals surface area contributed by atoms with Gasteiger partial charge in [-0.2, -0.15) is 0 Å². The molecule has 0 saturated carbocycles. The van der Waals surface area contributed by atoms with Crippen molar-refractivity contribution in [1.29, 1.82) is 0 Å². The molecule has 0 heterocycles. The minimum Gasteiger partial charge on any atom is -0.507 e. The fourth-order valence-electron chi connectivity index (χ4n) is 1.49. The topological polar surface area (TPSA) is 63.6 Å². The van der Waals surface area contributed by atoms with Gasteiger partial charge in [0, 0.05) is 6.42 Å². The van der Waals surface area contributed by atoms with Crippen molar-refractivity contribution < 1.29 is 19.4 Å². The number of rotatable bonds is 4. The lowest BCUT2D eigenvalue weighted by Gasteiger charge is -2.19. The molecule has 4 nitrogen and oxygen atoms in total. The van der Waals surface area contributed by atoms with Crippen LogP contribution in [0.15, 0.2) is 18.2 Å². The Bertz CT molecular complexity index is 444. The van der Waals surface area contributed by atoms with E-state index in [2.05, 4.69) is 0 Å². The number of phenolic OH excluding ortho intramolecular Hbond substituents is 1. The molecule has 0 atom stereocenters. The standard InChI is InChI=1S/C14H18O4/c1-14(2,3)18-13(17)7-5-10-4-6-12(16)11(8-10)9-15/h4,6,8-9,16H,5,7H2,1-3H3. The van der Waals surface area contributed by atoms with Gasteiger partial charge < -0.3 is 9.84 Å². The predicted molar refractivity (Wildman–Crippen MR) is 67.7 cm³/mol. The average molecular weight is 250 g/mol. The maximum absolute atomic E-state index is 11.5. The molecule has 0 fully saturated rings. The van der Waals surface area contributed by atoms with Gasteiger partial charge in [-0.05, 0) is 44.9 Å². The third kappa shape index (κ3) is 4.57. The van der Waals surface area contributed by atoms with Gasteiger partial charge in [-0.15, -0.1) is 0 Å². The molecule has 1 aromatic carbocycles. The molecule has 0 amide bonds. The van der Waals surface area contributed by atoms with Crippen LogP contribution in [0.5, 0.6) is 5.75 Å². The van der Waals surface area contributed by atoms with Gasteiger partial charge in [0.25, 0.3) is 0 Å². The largest absolute Gasteiger partial charge is 0.507 e. The molecule has 0 aliphatic carbocycles. The maximum Gasteiger partial charge on any atom is 0.306 e. The highest BCUT2D eigenvalue weighted by Gasteiger charge is 2.16. The molecular weight excluding hydrogens is 232 g/mol. The van der Waals surface area contributed by atoms with E-state index in [0.717, 1.165) is 5.56 Å². The minimum absolute atomic E-state index is 0.0500. The van der Waals surface area contributed by atoms with Crippen LogP contribution in [0.2, 0.25) is 0 Å². The van der Waals surface area contributed by atoms with Gasteiger partial charge in [0.2, 0.25) is 0 Å². The second-order valence-electron chi connectivity index (χ2n) is 5.10. The van der Waals surface area contributed by atoms with Gasteiger partial charge in [-0.3, -0.25) is 9.59 Å². The summed E-state index contributed by atoms with van der Waals surface area (Å²) < 4.78 is 5.18. The molecule has 0 radical (unpaired) electrons. The average Bonchev–Trinajstić information content (AvgIpc) is 2.25. The summed E-state index contributed by atoms with van der Waals surface area (Å²) in [6, 6.07) is 4.72. The summed E-state index contributed by atoms with van der Waals surface area (Å²) in [5.41, 5.74) is 0.567. The smallest absolute Gasteiger partial charge is 0.306 e. The van der Waals surface area contributed by atoms with Crippen LogP contribution in [0.4, 0.5) is 0 Å². The third-order valence-electron chi connectivity index (χ3n) is 2.26. The van der Waals surface area contributed by atoms with Crippen LogP contribution in [0.25, 0.3) is 0 Å². The van der Waals surface area contributed by atoms with E-state index >= 15 is 0 Å². The number of aromatic hydroxyl groups is 1. The molecule has 0 aromatic heterocycles. The van der Waals surface area contributed by atoms with E-state index in [4.69, 9.17) is 4.74 Å².